The monoisotopic (exact) mass is 178 g/mol. The van der Waals surface area contributed by atoms with E-state index in [0.717, 1.165) is 5.76 Å². The van der Waals surface area contributed by atoms with Gasteiger partial charge in [0.05, 0.1) is 0 Å². The van der Waals surface area contributed by atoms with Crippen LogP contribution in [0.3, 0.4) is 0 Å². The van der Waals surface area contributed by atoms with E-state index in [0.29, 0.717) is 0 Å². The first-order chi connectivity index (χ1) is 6.47. The van der Waals surface area contributed by atoms with E-state index in [4.69, 9.17) is 4.74 Å². The van der Waals surface area contributed by atoms with E-state index in [1.807, 2.05) is 0 Å². The lowest BCUT2D eigenvalue weighted by atomic mass is 10.1. The molecule has 1 heteroatoms. The molecular formula is C12H18O. The Kier molecular flexibility index (Phi) is 3.07. The number of ether oxygens (including phenoxy) is 1. The third-order valence-corrected chi connectivity index (χ3v) is 2.76. The van der Waals surface area contributed by atoms with Crippen molar-refractivity contribution in [1.82, 2.24) is 0 Å². The van der Waals surface area contributed by atoms with Crippen molar-refractivity contribution >= 4 is 0 Å². The summed E-state index contributed by atoms with van der Waals surface area (Å²) in [5, 5.41) is 0. The molecule has 0 unspecified atom stereocenters. The molecule has 0 aromatic heterocycles. The Morgan fingerprint density at radius 2 is 1.69 bits per heavy atom. The van der Waals surface area contributed by atoms with Gasteiger partial charge in [-0.05, 0) is 25.3 Å². The molecule has 0 spiro atoms. The molecule has 1 aliphatic carbocycles. The summed E-state index contributed by atoms with van der Waals surface area (Å²) < 4.78 is 5.38. The maximum atomic E-state index is 5.38. The molecule has 1 aliphatic heterocycles. The van der Waals surface area contributed by atoms with E-state index in [-0.39, 0.29) is 0 Å². The molecule has 2 rings (SSSR count). The molecule has 2 aliphatic rings. The predicted molar refractivity (Wildman–Crippen MR) is 54.2 cm³/mol. The first kappa shape index (κ1) is 8.86. The van der Waals surface area contributed by atoms with Crippen molar-refractivity contribution in [2.75, 3.05) is 0 Å². The highest BCUT2D eigenvalue weighted by molar-refractivity contribution is 5.28. The van der Waals surface area contributed by atoms with Crippen LogP contribution in [0, 0.1) is 0 Å². The third kappa shape index (κ3) is 2.91. The standard InChI is InChI=1S/C12H18O/c1-2-4-6-8-10-12-11(13-12)9-7-5-3-1/h7,9H,1-6,8,10H2. The van der Waals surface area contributed by atoms with E-state index in [2.05, 4.69) is 12.2 Å². The quantitative estimate of drug-likeness (QED) is 0.547. The normalized spacial score (nSPS) is 24.0. The van der Waals surface area contributed by atoms with E-state index < -0.39 is 0 Å². The lowest BCUT2D eigenvalue weighted by molar-refractivity contribution is 0.455. The van der Waals surface area contributed by atoms with E-state index in [1.54, 1.807) is 0 Å². The Hall–Kier alpha value is -0.720. The average molecular weight is 178 g/mol. The van der Waals surface area contributed by atoms with Gasteiger partial charge in [0.2, 0.25) is 0 Å². The third-order valence-electron chi connectivity index (χ3n) is 2.76. The van der Waals surface area contributed by atoms with Crippen LogP contribution in [-0.4, -0.2) is 0 Å². The Balaban J connectivity index is 1.83. The maximum absolute atomic E-state index is 5.38. The average Bonchev–Trinajstić information content (AvgIpc) is 2.83. The Morgan fingerprint density at radius 3 is 2.62 bits per heavy atom. The van der Waals surface area contributed by atoms with Crippen molar-refractivity contribution in [1.29, 1.82) is 0 Å². The molecule has 0 radical (unpaired) electrons. The Morgan fingerprint density at radius 1 is 0.923 bits per heavy atom. The van der Waals surface area contributed by atoms with Crippen molar-refractivity contribution < 1.29 is 4.74 Å². The van der Waals surface area contributed by atoms with Gasteiger partial charge in [-0.25, -0.2) is 0 Å². The highest BCUT2D eigenvalue weighted by atomic mass is 16.6. The van der Waals surface area contributed by atoms with Gasteiger partial charge >= 0.3 is 0 Å². The van der Waals surface area contributed by atoms with Crippen LogP contribution in [0.25, 0.3) is 0 Å². The number of hydrogen-bond donors (Lipinski definition) is 0. The zero-order valence-corrected chi connectivity index (χ0v) is 8.22. The van der Waals surface area contributed by atoms with Crippen LogP contribution in [0.1, 0.15) is 51.4 Å². The minimum Gasteiger partial charge on any atom is -0.454 e. The Labute approximate surface area is 80.5 Å². The summed E-state index contributed by atoms with van der Waals surface area (Å²) in [7, 11) is 0. The van der Waals surface area contributed by atoms with Gasteiger partial charge in [0.15, 0.2) is 5.76 Å². The van der Waals surface area contributed by atoms with Crippen LogP contribution in [0.4, 0.5) is 0 Å². The minimum atomic E-state index is 1.15. The summed E-state index contributed by atoms with van der Waals surface area (Å²) in [4.78, 5) is 0. The van der Waals surface area contributed by atoms with Gasteiger partial charge in [-0.1, -0.05) is 31.8 Å². The number of allylic oxidation sites excluding steroid dienone is 3. The van der Waals surface area contributed by atoms with Gasteiger partial charge in [-0.2, -0.15) is 0 Å². The van der Waals surface area contributed by atoms with E-state index >= 15 is 0 Å². The van der Waals surface area contributed by atoms with Crippen LogP contribution in [-0.2, 0) is 4.74 Å². The molecule has 0 aromatic rings. The number of hydrogen-bond acceptors (Lipinski definition) is 1. The second-order valence-corrected chi connectivity index (χ2v) is 3.95. The van der Waals surface area contributed by atoms with Gasteiger partial charge in [0, 0.05) is 6.42 Å². The molecule has 0 saturated heterocycles. The molecule has 0 N–H and O–H groups in total. The Bertz CT molecular complexity index is 225. The molecule has 0 aromatic carbocycles. The molecule has 13 heavy (non-hydrogen) atoms. The van der Waals surface area contributed by atoms with Crippen LogP contribution in [0.15, 0.2) is 23.7 Å². The van der Waals surface area contributed by atoms with Crippen LogP contribution < -0.4 is 0 Å². The minimum absolute atomic E-state index is 1.15. The summed E-state index contributed by atoms with van der Waals surface area (Å²) in [5.74, 6) is 2.40. The van der Waals surface area contributed by atoms with Crippen molar-refractivity contribution in [2.45, 2.75) is 51.4 Å². The SMILES string of the molecule is C1=CC2=C(CCCCCCCC1)O2. The fourth-order valence-electron chi connectivity index (χ4n) is 1.85. The molecule has 0 saturated carbocycles. The summed E-state index contributed by atoms with van der Waals surface area (Å²) in [6.07, 6.45) is 15.1. The summed E-state index contributed by atoms with van der Waals surface area (Å²) >= 11 is 0. The lowest BCUT2D eigenvalue weighted by Crippen LogP contribution is -1.80. The molecule has 0 amide bonds. The molecule has 0 atom stereocenters. The van der Waals surface area contributed by atoms with Crippen molar-refractivity contribution in [2.24, 2.45) is 0 Å². The second-order valence-electron chi connectivity index (χ2n) is 3.95. The first-order valence-corrected chi connectivity index (χ1v) is 5.54. The largest absolute Gasteiger partial charge is 0.454 e. The second kappa shape index (κ2) is 4.50. The highest BCUT2D eigenvalue weighted by Gasteiger charge is 2.20. The fourth-order valence-corrected chi connectivity index (χ4v) is 1.85. The zero-order chi connectivity index (χ0) is 8.93. The van der Waals surface area contributed by atoms with E-state index in [1.165, 1.54) is 57.1 Å². The predicted octanol–water partition coefficient (Wildman–Crippen LogP) is 3.92. The molecule has 72 valence electrons. The molecule has 1 nitrogen and oxygen atoms in total. The van der Waals surface area contributed by atoms with Gasteiger partial charge in [0.25, 0.3) is 0 Å². The number of rotatable bonds is 0. The summed E-state index contributed by atoms with van der Waals surface area (Å²) in [6, 6.07) is 0. The fraction of sp³-hybridized carbons (Fsp3) is 0.667. The van der Waals surface area contributed by atoms with Gasteiger partial charge in [-0.15, -0.1) is 0 Å². The smallest absolute Gasteiger partial charge is 0.165 e. The molecule has 0 bridgehead atoms. The van der Waals surface area contributed by atoms with Crippen LogP contribution in [0.5, 0.6) is 0 Å². The van der Waals surface area contributed by atoms with Crippen molar-refractivity contribution in [3.8, 4) is 0 Å². The van der Waals surface area contributed by atoms with Crippen molar-refractivity contribution in [3.05, 3.63) is 23.7 Å². The van der Waals surface area contributed by atoms with Gasteiger partial charge in [0.1, 0.15) is 5.76 Å². The highest BCUT2D eigenvalue weighted by Crippen LogP contribution is 2.32. The maximum Gasteiger partial charge on any atom is 0.165 e. The van der Waals surface area contributed by atoms with Crippen LogP contribution in [0.2, 0.25) is 0 Å². The van der Waals surface area contributed by atoms with Gasteiger partial charge in [-0.3, -0.25) is 0 Å². The molecule has 1 heterocycles. The first-order valence-electron chi connectivity index (χ1n) is 5.54. The topological polar surface area (TPSA) is 12.5 Å². The van der Waals surface area contributed by atoms with Crippen molar-refractivity contribution in [3.63, 3.8) is 0 Å². The zero-order valence-electron chi connectivity index (χ0n) is 8.22. The van der Waals surface area contributed by atoms with E-state index in [9.17, 15) is 0 Å². The van der Waals surface area contributed by atoms with Gasteiger partial charge < -0.3 is 4.74 Å². The molecular weight excluding hydrogens is 160 g/mol. The summed E-state index contributed by atoms with van der Waals surface area (Å²) in [6.45, 7) is 0. The summed E-state index contributed by atoms with van der Waals surface area (Å²) in [5.41, 5.74) is 0. The lowest BCUT2D eigenvalue weighted by Gasteiger charge is -1.98. The van der Waals surface area contributed by atoms with Crippen LogP contribution >= 0.6 is 0 Å². The molecule has 0 fully saturated rings.